The van der Waals surface area contributed by atoms with E-state index in [-0.39, 0.29) is 0 Å². The summed E-state index contributed by atoms with van der Waals surface area (Å²) in [5, 5.41) is 2.35. The van der Waals surface area contributed by atoms with E-state index in [1.54, 1.807) is 0 Å². The van der Waals surface area contributed by atoms with E-state index in [1.807, 2.05) is 6.08 Å². The van der Waals surface area contributed by atoms with Crippen LogP contribution in [0.3, 0.4) is 0 Å². The van der Waals surface area contributed by atoms with Crippen molar-refractivity contribution in [3.63, 3.8) is 0 Å². The van der Waals surface area contributed by atoms with Crippen molar-refractivity contribution >= 4 is 50.0 Å². The largest absolute Gasteiger partial charge is 0.338 e. The first-order valence-electron chi connectivity index (χ1n) is 24.1. The lowest BCUT2D eigenvalue weighted by Gasteiger charge is -2.26. The van der Waals surface area contributed by atoms with E-state index in [4.69, 9.17) is 4.98 Å². The minimum atomic E-state index is 0.682. The van der Waals surface area contributed by atoms with Crippen LogP contribution in [0.5, 0.6) is 0 Å². The number of nitrogens with zero attached hydrogens (tertiary/aromatic N) is 3. The molecule has 0 saturated heterocycles. The van der Waals surface area contributed by atoms with Gasteiger partial charge in [0.05, 0.1) is 11.0 Å². The van der Waals surface area contributed by atoms with E-state index in [1.165, 1.54) is 34.1 Å². The lowest BCUT2D eigenvalue weighted by Crippen LogP contribution is -2.21. The van der Waals surface area contributed by atoms with Crippen LogP contribution in [0.25, 0.3) is 66.6 Å². The van der Waals surface area contributed by atoms with Gasteiger partial charge in [-0.2, -0.15) is 0 Å². The molecule has 5 aromatic carbocycles. The Kier molecular flexibility index (Phi) is 15.5. The normalized spacial score (nSPS) is 15.3. The van der Waals surface area contributed by atoms with E-state index >= 15 is 0 Å². The molecule has 2 aromatic heterocycles. The molecule has 7 aromatic rings. The van der Waals surface area contributed by atoms with Gasteiger partial charge in [0, 0.05) is 35.3 Å². The van der Waals surface area contributed by atoms with Crippen molar-refractivity contribution in [1.29, 1.82) is 0 Å². The molecule has 1 atom stereocenters. The van der Waals surface area contributed by atoms with Gasteiger partial charge in [0.25, 0.3) is 0 Å². The van der Waals surface area contributed by atoms with Crippen LogP contribution in [0.15, 0.2) is 237 Å². The molecule has 3 nitrogen and oxygen atoms in total. The second kappa shape index (κ2) is 22.5. The van der Waals surface area contributed by atoms with Gasteiger partial charge in [-0.25, -0.2) is 4.98 Å². The number of para-hydroxylation sites is 1. The first kappa shape index (κ1) is 47.3. The molecule has 0 fully saturated rings. The maximum Gasteiger partial charge on any atom is 0.137 e. The lowest BCUT2D eigenvalue weighted by atomic mass is 9.87. The predicted molar refractivity (Wildman–Crippen MR) is 301 cm³/mol. The highest BCUT2D eigenvalue weighted by Crippen LogP contribution is 2.42. The summed E-state index contributed by atoms with van der Waals surface area (Å²) in [6, 6.07) is 41.5. The Bertz CT molecular complexity index is 3290. The van der Waals surface area contributed by atoms with Crippen molar-refractivity contribution in [2.75, 3.05) is 11.4 Å². The van der Waals surface area contributed by atoms with Crippen molar-refractivity contribution in [3.05, 3.63) is 254 Å². The van der Waals surface area contributed by atoms with E-state index in [0.717, 1.165) is 98.2 Å². The third-order valence-corrected chi connectivity index (χ3v) is 13.1. The fourth-order valence-corrected chi connectivity index (χ4v) is 9.21. The Balaban J connectivity index is 0.00000317. The highest BCUT2D eigenvalue weighted by molar-refractivity contribution is 6.16. The van der Waals surface area contributed by atoms with Crippen molar-refractivity contribution in [1.82, 2.24) is 9.38 Å². The van der Waals surface area contributed by atoms with Crippen LogP contribution in [0.1, 0.15) is 63.1 Å². The second-order valence-corrected chi connectivity index (χ2v) is 17.5. The van der Waals surface area contributed by atoms with Gasteiger partial charge >= 0.3 is 0 Å². The molecule has 2 heterocycles. The molecule has 0 saturated carbocycles. The lowest BCUT2D eigenvalue weighted by molar-refractivity contribution is 0.571. The zero-order chi connectivity index (χ0) is 48.1. The minimum absolute atomic E-state index is 0.682. The van der Waals surface area contributed by atoms with Crippen molar-refractivity contribution in [2.24, 2.45) is 5.92 Å². The van der Waals surface area contributed by atoms with Crippen LogP contribution in [0, 0.1) is 18.8 Å². The number of terminal acetylenes is 1. The first-order valence-corrected chi connectivity index (χ1v) is 24.1. The molecule has 9 rings (SSSR count). The summed E-state index contributed by atoms with van der Waals surface area (Å²) in [6.45, 7) is 16.2. The molecule has 2 aliphatic rings. The maximum atomic E-state index is 5.49. The molecule has 2 aliphatic carbocycles. The number of aromatic nitrogens is 2. The van der Waals surface area contributed by atoms with Gasteiger partial charge in [-0.1, -0.05) is 216 Å². The van der Waals surface area contributed by atoms with Crippen LogP contribution in [0.4, 0.5) is 5.69 Å². The Morgan fingerprint density at radius 2 is 1.29 bits per heavy atom. The van der Waals surface area contributed by atoms with E-state index in [0.29, 0.717) is 5.92 Å². The average Bonchev–Trinajstić information content (AvgIpc) is 3.79. The van der Waals surface area contributed by atoms with Crippen molar-refractivity contribution in [3.8, 4) is 35.1 Å². The summed E-state index contributed by atoms with van der Waals surface area (Å²) < 4.78 is 2.32. The Morgan fingerprint density at radius 1 is 0.710 bits per heavy atom. The number of imidazole rings is 1. The van der Waals surface area contributed by atoms with Gasteiger partial charge in [0.1, 0.15) is 5.65 Å². The zero-order valence-electron chi connectivity index (χ0n) is 40.2. The van der Waals surface area contributed by atoms with Crippen LogP contribution < -0.4 is 4.90 Å². The van der Waals surface area contributed by atoms with Gasteiger partial charge in [-0.15, -0.1) is 12.8 Å². The number of anilines is 1. The zero-order valence-corrected chi connectivity index (χ0v) is 40.2. The van der Waals surface area contributed by atoms with Crippen LogP contribution >= 0.6 is 0 Å². The number of allylic oxidation sites excluding steroid dienone is 18. The molecule has 3 heteroatoms. The fraction of sp³-hybridized carbons (Fsp3) is 0.136. The molecular weight excluding hydrogens is 835 g/mol. The average molecular weight is 896 g/mol. The first-order chi connectivity index (χ1) is 33.9. The van der Waals surface area contributed by atoms with Crippen LogP contribution in [-0.4, -0.2) is 15.9 Å². The topological polar surface area (TPSA) is 20.5 Å². The summed E-state index contributed by atoms with van der Waals surface area (Å²) >= 11 is 0. The standard InChI is InChI=1S/C64H59N3.C2H2/c1-6-22-55(44-49-26-14-10-15-27-49)61-58-30-18-19-31-59(58)62(50(8-3)43-48-24-12-9-13-25-48)64-63(61)65-60-41-40-56(45-67(60)64)54-38-36-53(37-39-54)52-34-32-51(33-35-52)47(5)66(57-28-16-11-17-29-57)42-21-20-23-46(4)7-2;1-2/h6,8-22,24,26,28-41,43-46H,1,5,7,23,25,27,42H2,2-4H3;1-2H/b21-20-,48-43-,49-44-,50-8+,55-22+;. The third-order valence-electron chi connectivity index (χ3n) is 13.1. The monoisotopic (exact) mass is 895 g/mol. The summed E-state index contributed by atoms with van der Waals surface area (Å²) in [7, 11) is 0. The van der Waals surface area contributed by atoms with E-state index < -0.39 is 0 Å². The molecule has 0 N–H and O–H groups in total. The molecule has 0 amide bonds. The van der Waals surface area contributed by atoms with Gasteiger partial charge in [-0.05, 0) is 117 Å². The molecule has 0 aliphatic heterocycles. The SMILES string of the molecule is C#C.C=C/C=C(\C=C1\C=CC=CC1)c1c2ccccc2c(C(/C=C2/C=CC=CC2)=C/C)c2c1nc1ccc(-c3ccc(-c4ccc(C(=C)N(C/C=C\CC(C)CC)c5ccccc5)cc4)cc3)cn12. The van der Waals surface area contributed by atoms with Crippen molar-refractivity contribution < 1.29 is 0 Å². The van der Waals surface area contributed by atoms with Crippen LogP contribution in [-0.2, 0) is 0 Å². The number of fused-ring (bicyclic) bond motifs is 4. The third kappa shape index (κ3) is 10.5. The van der Waals surface area contributed by atoms with Gasteiger partial charge in [0.15, 0.2) is 0 Å². The summed E-state index contributed by atoms with van der Waals surface area (Å²) in [4.78, 5) is 7.79. The molecule has 69 heavy (non-hydrogen) atoms. The van der Waals surface area contributed by atoms with E-state index in [2.05, 4.69) is 263 Å². The van der Waals surface area contributed by atoms with Gasteiger partial charge in [0.2, 0.25) is 0 Å². The Morgan fingerprint density at radius 3 is 1.88 bits per heavy atom. The predicted octanol–water partition coefficient (Wildman–Crippen LogP) is 17.6. The number of benzene rings is 5. The highest BCUT2D eigenvalue weighted by atomic mass is 15.1. The van der Waals surface area contributed by atoms with E-state index in [9.17, 15) is 0 Å². The molecule has 1 unspecified atom stereocenters. The van der Waals surface area contributed by atoms with Gasteiger partial charge in [-0.3, -0.25) is 4.40 Å². The minimum Gasteiger partial charge on any atom is -0.338 e. The summed E-state index contributed by atoms with van der Waals surface area (Å²) in [5.74, 6) is 0.682. The molecule has 0 bridgehead atoms. The fourth-order valence-electron chi connectivity index (χ4n) is 9.21. The summed E-state index contributed by atoms with van der Waals surface area (Å²) in [6.07, 6.45) is 47.1. The molecule has 0 spiro atoms. The smallest absolute Gasteiger partial charge is 0.137 e. The second-order valence-electron chi connectivity index (χ2n) is 17.5. The molecule has 0 radical (unpaired) electrons. The number of pyridine rings is 1. The van der Waals surface area contributed by atoms with Crippen molar-refractivity contribution in [2.45, 2.75) is 46.5 Å². The number of hydrogen-bond donors (Lipinski definition) is 0. The quantitative estimate of drug-likeness (QED) is 0.0581. The Hall–Kier alpha value is -8.19. The van der Waals surface area contributed by atoms with Crippen LogP contribution in [0.2, 0.25) is 0 Å². The van der Waals surface area contributed by atoms with Gasteiger partial charge < -0.3 is 4.90 Å². The molecular formula is C66H61N3. The number of rotatable bonds is 15. The maximum absolute atomic E-state index is 5.49. The molecule has 340 valence electrons. The number of hydrogen-bond acceptors (Lipinski definition) is 2. The Labute approximate surface area is 410 Å². The summed E-state index contributed by atoms with van der Waals surface area (Å²) in [5.41, 5.74) is 17.8. The highest BCUT2D eigenvalue weighted by Gasteiger charge is 2.23.